The van der Waals surface area contributed by atoms with Gasteiger partial charge in [0.2, 0.25) is 5.91 Å². The fourth-order valence-corrected chi connectivity index (χ4v) is 3.31. The lowest BCUT2D eigenvalue weighted by molar-refractivity contribution is -0.131. The van der Waals surface area contributed by atoms with Crippen molar-refractivity contribution in [3.8, 4) is 5.75 Å². The molecule has 158 valence electrons. The molecule has 2 atom stereocenters. The molecule has 3 rings (SSSR count). The van der Waals surface area contributed by atoms with Crippen LogP contribution in [0.15, 0.2) is 54.6 Å². The van der Waals surface area contributed by atoms with Crippen molar-refractivity contribution in [3.05, 3.63) is 65.7 Å². The number of nitrogens with one attached hydrogen (secondary N) is 2. The number of carbonyl (C=O) groups is 3. The minimum Gasteiger partial charge on any atom is -0.497 e. The fourth-order valence-electron chi connectivity index (χ4n) is 3.31. The Morgan fingerprint density at radius 2 is 1.83 bits per heavy atom. The van der Waals surface area contributed by atoms with Gasteiger partial charge < -0.3 is 20.5 Å². The zero-order chi connectivity index (χ0) is 21.5. The van der Waals surface area contributed by atoms with Crippen molar-refractivity contribution in [1.29, 1.82) is 0 Å². The Hall–Kier alpha value is -3.39. The van der Waals surface area contributed by atoms with Crippen LogP contribution in [0.2, 0.25) is 0 Å². The quantitative estimate of drug-likeness (QED) is 0.538. The number of hydrogen-bond acceptors (Lipinski definition) is 5. The molecule has 0 aromatic heterocycles. The first-order valence-electron chi connectivity index (χ1n) is 9.69. The van der Waals surface area contributed by atoms with E-state index < -0.39 is 29.9 Å². The summed E-state index contributed by atoms with van der Waals surface area (Å²) in [5.41, 5.74) is 1.75. The van der Waals surface area contributed by atoms with Crippen molar-refractivity contribution in [2.75, 3.05) is 13.7 Å². The predicted octanol–water partition coefficient (Wildman–Crippen LogP) is 1.23. The van der Waals surface area contributed by atoms with Crippen LogP contribution in [-0.4, -0.2) is 53.7 Å². The summed E-state index contributed by atoms with van der Waals surface area (Å²) in [5.74, 6) is -0.177. The van der Waals surface area contributed by atoms with Crippen LogP contribution in [0.3, 0.4) is 0 Å². The molecule has 1 saturated heterocycles. The van der Waals surface area contributed by atoms with E-state index in [0.717, 1.165) is 16.0 Å². The highest BCUT2D eigenvalue weighted by Gasteiger charge is 2.39. The van der Waals surface area contributed by atoms with Gasteiger partial charge in [-0.2, -0.15) is 0 Å². The molecule has 1 unspecified atom stereocenters. The molecule has 3 N–H and O–H groups in total. The van der Waals surface area contributed by atoms with Crippen LogP contribution >= 0.6 is 0 Å². The van der Waals surface area contributed by atoms with Gasteiger partial charge in [0.15, 0.2) is 0 Å². The molecule has 4 amide bonds. The topological polar surface area (TPSA) is 108 Å². The molecule has 2 aromatic carbocycles. The number of nitrogens with zero attached hydrogens (tertiary/aromatic N) is 1. The lowest BCUT2D eigenvalue weighted by Gasteiger charge is -2.17. The summed E-state index contributed by atoms with van der Waals surface area (Å²) in [4.78, 5) is 38.3. The van der Waals surface area contributed by atoms with Gasteiger partial charge in [-0.3, -0.25) is 14.5 Å². The molecule has 1 fully saturated rings. The maximum Gasteiger partial charge on any atom is 0.325 e. The Balaban J connectivity index is 1.55. The molecule has 0 saturated carbocycles. The molecular weight excluding hydrogens is 386 g/mol. The van der Waals surface area contributed by atoms with Crippen molar-refractivity contribution >= 4 is 17.8 Å². The summed E-state index contributed by atoms with van der Waals surface area (Å²) in [6, 6.07) is 14.6. The van der Waals surface area contributed by atoms with Gasteiger partial charge in [0, 0.05) is 0 Å². The van der Waals surface area contributed by atoms with E-state index in [-0.39, 0.29) is 19.6 Å². The van der Waals surface area contributed by atoms with Crippen LogP contribution in [0.1, 0.15) is 17.5 Å². The maximum absolute atomic E-state index is 12.6. The smallest absolute Gasteiger partial charge is 0.325 e. The molecule has 1 aliphatic rings. The monoisotopic (exact) mass is 411 g/mol. The van der Waals surface area contributed by atoms with E-state index in [9.17, 15) is 19.5 Å². The molecule has 0 bridgehead atoms. The van der Waals surface area contributed by atoms with E-state index in [0.29, 0.717) is 12.2 Å². The third-order valence-corrected chi connectivity index (χ3v) is 4.91. The molecule has 0 aliphatic carbocycles. The Labute approximate surface area is 174 Å². The number of methoxy groups -OCH3 is 1. The summed E-state index contributed by atoms with van der Waals surface area (Å²) in [7, 11) is 1.56. The summed E-state index contributed by atoms with van der Waals surface area (Å²) in [6.07, 6.45) is 0.284. The van der Waals surface area contributed by atoms with Gasteiger partial charge in [-0.25, -0.2) is 4.79 Å². The predicted molar refractivity (Wildman–Crippen MR) is 110 cm³/mol. The number of aliphatic hydroxyl groups excluding tert-OH is 1. The maximum atomic E-state index is 12.6. The largest absolute Gasteiger partial charge is 0.497 e. The lowest BCUT2D eigenvalue weighted by atomic mass is 10.1. The summed E-state index contributed by atoms with van der Waals surface area (Å²) < 4.78 is 5.10. The summed E-state index contributed by atoms with van der Waals surface area (Å²) in [6.45, 7) is -0.116. The number of aliphatic hydroxyl groups is 1. The molecule has 2 aromatic rings. The Kier molecular flexibility index (Phi) is 7.03. The second kappa shape index (κ2) is 9.89. The zero-order valence-corrected chi connectivity index (χ0v) is 16.7. The van der Waals surface area contributed by atoms with E-state index in [2.05, 4.69) is 10.6 Å². The van der Waals surface area contributed by atoms with Gasteiger partial charge >= 0.3 is 6.03 Å². The van der Waals surface area contributed by atoms with E-state index in [1.807, 2.05) is 30.3 Å². The van der Waals surface area contributed by atoms with Gasteiger partial charge in [0.05, 0.1) is 32.7 Å². The third-order valence-electron chi connectivity index (χ3n) is 4.91. The molecule has 0 spiro atoms. The highest BCUT2D eigenvalue weighted by atomic mass is 16.5. The number of urea groups is 1. The van der Waals surface area contributed by atoms with Crippen molar-refractivity contribution in [2.45, 2.75) is 31.5 Å². The van der Waals surface area contributed by atoms with Crippen LogP contribution in [-0.2, 0) is 22.6 Å². The van der Waals surface area contributed by atoms with Crippen molar-refractivity contribution in [1.82, 2.24) is 15.5 Å². The molecule has 8 nitrogen and oxygen atoms in total. The molecule has 1 aliphatic heterocycles. The van der Waals surface area contributed by atoms with E-state index in [1.54, 1.807) is 31.4 Å². The molecule has 8 heteroatoms. The van der Waals surface area contributed by atoms with Crippen molar-refractivity contribution in [3.63, 3.8) is 0 Å². The van der Waals surface area contributed by atoms with Crippen LogP contribution in [0, 0.1) is 0 Å². The first-order chi connectivity index (χ1) is 14.5. The average molecular weight is 411 g/mol. The van der Waals surface area contributed by atoms with Gasteiger partial charge in [-0.1, -0.05) is 42.5 Å². The van der Waals surface area contributed by atoms with Gasteiger partial charge in [0.25, 0.3) is 5.91 Å². The van der Waals surface area contributed by atoms with Crippen LogP contribution in [0.25, 0.3) is 0 Å². The van der Waals surface area contributed by atoms with Crippen LogP contribution < -0.4 is 15.4 Å². The van der Waals surface area contributed by atoms with Crippen molar-refractivity contribution < 1.29 is 24.2 Å². The molecule has 0 radical (unpaired) electrons. The number of amides is 4. The van der Waals surface area contributed by atoms with E-state index in [4.69, 9.17) is 4.74 Å². The number of benzene rings is 2. The number of hydrogen-bond donors (Lipinski definition) is 3. The summed E-state index contributed by atoms with van der Waals surface area (Å²) >= 11 is 0. The Bertz CT molecular complexity index is 885. The highest BCUT2D eigenvalue weighted by Crippen LogP contribution is 2.17. The number of carbonyl (C=O) groups excluding carboxylic acids is 3. The third kappa shape index (κ3) is 5.36. The standard InChI is InChI=1S/C22H25N3O5/c1-30-18-9-7-16(8-10-18)13-25-21(28)19(24-22(25)29)12-20(27)23-17(14-26)11-15-5-3-2-4-6-15/h2-10,17,19,26H,11-14H2,1H3,(H,23,27)(H,24,29)/t17-,19?/m0/s1. The Morgan fingerprint density at radius 3 is 2.47 bits per heavy atom. The molecule has 30 heavy (non-hydrogen) atoms. The molecule has 1 heterocycles. The van der Waals surface area contributed by atoms with E-state index >= 15 is 0 Å². The number of imide groups is 1. The second-order valence-electron chi connectivity index (χ2n) is 7.12. The van der Waals surface area contributed by atoms with Gasteiger partial charge in [-0.15, -0.1) is 0 Å². The minimum atomic E-state index is -0.924. The normalized spacial score (nSPS) is 16.9. The first-order valence-corrected chi connectivity index (χ1v) is 9.69. The van der Waals surface area contributed by atoms with E-state index in [1.165, 1.54) is 0 Å². The van der Waals surface area contributed by atoms with Crippen LogP contribution in [0.5, 0.6) is 5.75 Å². The fraction of sp³-hybridized carbons (Fsp3) is 0.318. The average Bonchev–Trinajstić information content (AvgIpc) is 3.01. The second-order valence-corrected chi connectivity index (χ2v) is 7.12. The minimum absolute atomic E-state index is 0.111. The number of ether oxygens (including phenoxy) is 1. The van der Waals surface area contributed by atoms with Gasteiger partial charge in [0.1, 0.15) is 11.8 Å². The summed E-state index contributed by atoms with van der Waals surface area (Å²) in [5, 5.41) is 14.9. The lowest BCUT2D eigenvalue weighted by Crippen LogP contribution is -2.43. The Morgan fingerprint density at radius 1 is 1.13 bits per heavy atom. The van der Waals surface area contributed by atoms with Crippen LogP contribution in [0.4, 0.5) is 4.79 Å². The highest BCUT2D eigenvalue weighted by molar-refractivity contribution is 6.05. The zero-order valence-electron chi connectivity index (χ0n) is 16.7. The van der Waals surface area contributed by atoms with Crippen molar-refractivity contribution in [2.24, 2.45) is 0 Å². The SMILES string of the molecule is COc1ccc(CN2C(=O)NC(CC(=O)N[C@H](CO)Cc3ccccc3)C2=O)cc1. The number of rotatable bonds is 9. The molecular formula is C22H25N3O5. The first kappa shape index (κ1) is 21.3. The van der Waals surface area contributed by atoms with Gasteiger partial charge in [-0.05, 0) is 29.7 Å².